The highest BCUT2D eigenvalue weighted by molar-refractivity contribution is 4.93. The van der Waals surface area contributed by atoms with Gasteiger partial charge < -0.3 is 14.9 Å². The summed E-state index contributed by atoms with van der Waals surface area (Å²) in [5.41, 5.74) is -0.134. The molecule has 2 N–H and O–H groups in total. The molecule has 2 fully saturated rings. The number of aliphatic hydroxyl groups excluding tert-OH is 2. The van der Waals surface area contributed by atoms with Crippen molar-refractivity contribution in [1.29, 1.82) is 0 Å². The summed E-state index contributed by atoms with van der Waals surface area (Å²) in [6.45, 7) is 3.51. The van der Waals surface area contributed by atoms with Crippen molar-refractivity contribution in [3.63, 3.8) is 0 Å². The van der Waals surface area contributed by atoms with Crippen LogP contribution in [0.2, 0.25) is 0 Å². The summed E-state index contributed by atoms with van der Waals surface area (Å²) in [5.74, 6) is 0. The maximum absolute atomic E-state index is 9.69. The lowest BCUT2D eigenvalue weighted by molar-refractivity contribution is -0.147. The van der Waals surface area contributed by atoms with Crippen molar-refractivity contribution < 1.29 is 14.9 Å². The van der Waals surface area contributed by atoms with Crippen LogP contribution >= 0.6 is 0 Å². The van der Waals surface area contributed by atoms with Gasteiger partial charge in [0.05, 0.1) is 18.3 Å². The third-order valence-corrected chi connectivity index (χ3v) is 3.50. The summed E-state index contributed by atoms with van der Waals surface area (Å²) in [5, 5.41) is 18.6. The molecule has 0 radical (unpaired) electrons. The third kappa shape index (κ3) is 2.69. The Morgan fingerprint density at radius 2 is 2.33 bits per heavy atom. The quantitative estimate of drug-likeness (QED) is 0.680. The molecular formula is C11H21NO3. The monoisotopic (exact) mass is 215 g/mol. The lowest BCUT2D eigenvalue weighted by Crippen LogP contribution is -2.54. The zero-order chi connectivity index (χ0) is 10.7. The van der Waals surface area contributed by atoms with Gasteiger partial charge in [0.25, 0.3) is 0 Å². The maximum Gasteiger partial charge on any atom is 0.0833 e. The molecule has 0 amide bonds. The molecule has 0 aromatic heterocycles. The number of β-amino-alcohol motifs (C(OH)–C–C–N with tert-alkyl or cyclic N) is 1. The van der Waals surface area contributed by atoms with Gasteiger partial charge in [-0.25, -0.2) is 0 Å². The van der Waals surface area contributed by atoms with Crippen molar-refractivity contribution >= 4 is 0 Å². The Labute approximate surface area is 90.8 Å². The van der Waals surface area contributed by atoms with Crippen LogP contribution < -0.4 is 0 Å². The number of aliphatic hydroxyl groups is 2. The smallest absolute Gasteiger partial charge is 0.0833 e. The van der Waals surface area contributed by atoms with E-state index in [-0.39, 0.29) is 18.3 Å². The molecule has 0 bridgehead atoms. The van der Waals surface area contributed by atoms with Crippen LogP contribution in [-0.2, 0) is 4.74 Å². The van der Waals surface area contributed by atoms with E-state index in [4.69, 9.17) is 9.84 Å². The average Bonchev–Trinajstić information content (AvgIpc) is 2.17. The van der Waals surface area contributed by atoms with Gasteiger partial charge in [0.2, 0.25) is 0 Å². The van der Waals surface area contributed by atoms with E-state index in [9.17, 15) is 5.11 Å². The average molecular weight is 215 g/mol. The summed E-state index contributed by atoms with van der Waals surface area (Å²) < 4.78 is 5.87. The number of rotatable bonds is 2. The van der Waals surface area contributed by atoms with E-state index < -0.39 is 0 Å². The molecule has 0 aromatic rings. The number of likely N-dealkylation sites (tertiary alicyclic amines) is 1. The second kappa shape index (κ2) is 4.78. The van der Waals surface area contributed by atoms with Gasteiger partial charge in [0.15, 0.2) is 0 Å². The molecule has 2 aliphatic rings. The Hall–Kier alpha value is -0.160. The molecule has 2 rings (SSSR count). The van der Waals surface area contributed by atoms with Gasteiger partial charge >= 0.3 is 0 Å². The molecule has 15 heavy (non-hydrogen) atoms. The fraction of sp³-hybridized carbons (Fsp3) is 1.00. The summed E-state index contributed by atoms with van der Waals surface area (Å²) in [6.07, 6.45) is 3.47. The van der Waals surface area contributed by atoms with Crippen LogP contribution in [0.25, 0.3) is 0 Å². The van der Waals surface area contributed by atoms with Crippen molar-refractivity contribution in [2.75, 3.05) is 32.8 Å². The minimum Gasteiger partial charge on any atom is -0.395 e. The summed E-state index contributed by atoms with van der Waals surface area (Å²) in [4.78, 5) is 2.24. The number of piperidine rings is 1. The second-order valence-corrected chi connectivity index (χ2v) is 4.78. The number of hydrogen-bond donors (Lipinski definition) is 2. The van der Waals surface area contributed by atoms with Gasteiger partial charge in [-0.3, -0.25) is 4.90 Å². The van der Waals surface area contributed by atoms with Crippen molar-refractivity contribution in [2.45, 2.75) is 37.4 Å². The van der Waals surface area contributed by atoms with Crippen LogP contribution in [0.3, 0.4) is 0 Å². The van der Waals surface area contributed by atoms with Crippen molar-refractivity contribution in [1.82, 2.24) is 4.90 Å². The number of ether oxygens (including phenoxy) is 1. The lowest BCUT2D eigenvalue weighted by atomic mass is 9.84. The first-order valence-electron chi connectivity index (χ1n) is 5.89. The molecule has 0 aliphatic carbocycles. The molecule has 4 heteroatoms. The molecule has 2 saturated heterocycles. The highest BCUT2D eigenvalue weighted by Gasteiger charge is 2.40. The number of nitrogens with zero attached hydrogens (tertiary/aromatic N) is 1. The zero-order valence-electron chi connectivity index (χ0n) is 9.19. The summed E-state index contributed by atoms with van der Waals surface area (Å²) in [6, 6.07) is 0. The second-order valence-electron chi connectivity index (χ2n) is 4.78. The lowest BCUT2D eigenvalue weighted by Gasteiger charge is -2.46. The van der Waals surface area contributed by atoms with Crippen LogP contribution in [0, 0.1) is 0 Å². The maximum atomic E-state index is 9.69. The molecule has 0 saturated carbocycles. The van der Waals surface area contributed by atoms with Gasteiger partial charge in [-0.05, 0) is 25.8 Å². The van der Waals surface area contributed by atoms with Gasteiger partial charge in [-0.15, -0.1) is 0 Å². The first kappa shape index (κ1) is 11.3. The van der Waals surface area contributed by atoms with Crippen molar-refractivity contribution in [3.05, 3.63) is 0 Å². The molecule has 2 unspecified atom stereocenters. The molecule has 4 nitrogen and oxygen atoms in total. The topological polar surface area (TPSA) is 52.9 Å². The predicted molar refractivity (Wildman–Crippen MR) is 56.7 cm³/mol. The van der Waals surface area contributed by atoms with Crippen LogP contribution in [0.15, 0.2) is 0 Å². The Kier molecular flexibility index (Phi) is 3.61. The van der Waals surface area contributed by atoms with Crippen LogP contribution in [0.5, 0.6) is 0 Å². The highest BCUT2D eigenvalue weighted by Crippen LogP contribution is 2.33. The highest BCUT2D eigenvalue weighted by atomic mass is 16.5. The molecule has 2 atom stereocenters. The van der Waals surface area contributed by atoms with E-state index in [1.807, 2.05) is 0 Å². The molecular weight excluding hydrogens is 194 g/mol. The normalized spacial score (nSPS) is 38.4. The Balaban J connectivity index is 1.94. The standard InChI is InChI=1S/C11H21NO3/c13-6-5-12-4-1-3-11(9-12)8-10(14)2-7-15-11/h10,13-14H,1-9H2. The van der Waals surface area contributed by atoms with Crippen LogP contribution in [0.4, 0.5) is 0 Å². The van der Waals surface area contributed by atoms with Crippen LogP contribution in [-0.4, -0.2) is 59.7 Å². The Morgan fingerprint density at radius 3 is 3.07 bits per heavy atom. The Morgan fingerprint density at radius 1 is 1.47 bits per heavy atom. The van der Waals surface area contributed by atoms with Gasteiger partial charge in [0.1, 0.15) is 0 Å². The van der Waals surface area contributed by atoms with E-state index in [1.54, 1.807) is 0 Å². The fourth-order valence-electron chi connectivity index (χ4n) is 2.81. The van der Waals surface area contributed by atoms with E-state index in [0.717, 1.165) is 45.3 Å². The van der Waals surface area contributed by atoms with Crippen LogP contribution in [0.1, 0.15) is 25.7 Å². The predicted octanol–water partition coefficient (Wildman–Crippen LogP) is -0.0154. The van der Waals surface area contributed by atoms with E-state index in [1.165, 1.54) is 0 Å². The van der Waals surface area contributed by atoms with Crippen molar-refractivity contribution in [2.24, 2.45) is 0 Å². The molecule has 88 valence electrons. The minimum atomic E-state index is -0.201. The van der Waals surface area contributed by atoms with E-state index in [0.29, 0.717) is 6.61 Å². The molecule has 1 spiro atoms. The third-order valence-electron chi connectivity index (χ3n) is 3.50. The fourth-order valence-corrected chi connectivity index (χ4v) is 2.81. The first-order valence-corrected chi connectivity index (χ1v) is 5.89. The minimum absolute atomic E-state index is 0.134. The largest absolute Gasteiger partial charge is 0.395 e. The van der Waals surface area contributed by atoms with E-state index in [2.05, 4.69) is 4.90 Å². The summed E-state index contributed by atoms with van der Waals surface area (Å²) in [7, 11) is 0. The van der Waals surface area contributed by atoms with Gasteiger partial charge in [-0.1, -0.05) is 0 Å². The van der Waals surface area contributed by atoms with Gasteiger partial charge in [0, 0.05) is 26.1 Å². The molecule has 2 aliphatic heterocycles. The molecule has 0 aromatic carbocycles. The van der Waals surface area contributed by atoms with E-state index >= 15 is 0 Å². The number of hydrogen-bond acceptors (Lipinski definition) is 4. The molecule has 2 heterocycles. The first-order chi connectivity index (χ1) is 7.24. The van der Waals surface area contributed by atoms with Gasteiger partial charge in [-0.2, -0.15) is 0 Å². The SMILES string of the molecule is OCCN1CCCC2(CC(O)CCO2)C1. The van der Waals surface area contributed by atoms with Crippen molar-refractivity contribution in [3.8, 4) is 0 Å². The Bertz CT molecular complexity index is 206. The zero-order valence-corrected chi connectivity index (χ0v) is 9.19. The summed E-state index contributed by atoms with van der Waals surface area (Å²) >= 11 is 0.